The summed E-state index contributed by atoms with van der Waals surface area (Å²) in [6, 6.07) is 12.7. The zero-order valence-corrected chi connectivity index (χ0v) is 20.0. The number of benzene rings is 2. The molecule has 0 saturated carbocycles. The lowest BCUT2D eigenvalue weighted by Gasteiger charge is -2.05. The largest absolute Gasteiger partial charge is 0.478 e. The standard InChI is InChI=1S/C12H14O3.C8H6O3.C4H9I/c1-2-3-8-15-12(14)11-7-5-4-6-10(11)9-13;9-5-6-3-1-2-4-7(6)8(10)11;1-2-3-4-5/h4-7,9H,2-3,8H2,1H3;1-5H,(H,10,11);2-4H2,1H3. The minimum atomic E-state index is -1.08. The predicted octanol–water partition coefficient (Wildman–Crippen LogP) is 5.87. The van der Waals surface area contributed by atoms with E-state index in [0.717, 1.165) is 12.8 Å². The van der Waals surface area contributed by atoms with Gasteiger partial charge in [-0.15, -0.1) is 0 Å². The Balaban J connectivity index is 0.000000492. The third kappa shape index (κ3) is 12.0. The number of esters is 1. The quantitative estimate of drug-likeness (QED) is 0.140. The second kappa shape index (κ2) is 18.2. The molecule has 0 amide bonds. The molecule has 6 nitrogen and oxygen atoms in total. The molecule has 2 aromatic rings. The van der Waals surface area contributed by atoms with Gasteiger partial charge in [-0.25, -0.2) is 9.59 Å². The molecular formula is C24H29IO6. The van der Waals surface area contributed by atoms with Gasteiger partial charge in [-0.3, -0.25) is 9.59 Å². The summed E-state index contributed by atoms with van der Waals surface area (Å²) in [6.45, 7) is 4.63. The van der Waals surface area contributed by atoms with E-state index in [1.807, 2.05) is 6.92 Å². The number of aromatic carboxylic acids is 1. The first-order valence-corrected chi connectivity index (χ1v) is 11.5. The molecule has 1 N–H and O–H groups in total. The lowest BCUT2D eigenvalue weighted by atomic mass is 10.1. The van der Waals surface area contributed by atoms with Crippen LogP contribution in [0, 0.1) is 0 Å². The van der Waals surface area contributed by atoms with Crippen molar-refractivity contribution in [1.29, 1.82) is 0 Å². The first-order chi connectivity index (χ1) is 15.0. The Morgan fingerprint density at radius 3 is 1.74 bits per heavy atom. The molecule has 2 aromatic carbocycles. The van der Waals surface area contributed by atoms with Gasteiger partial charge in [-0.05, 0) is 29.4 Å². The number of hydrogen-bond donors (Lipinski definition) is 1. The molecule has 0 heterocycles. The number of hydrogen-bond acceptors (Lipinski definition) is 5. The Bertz CT molecular complexity index is 817. The fourth-order valence-electron chi connectivity index (χ4n) is 2.10. The Labute approximate surface area is 197 Å². The van der Waals surface area contributed by atoms with Crippen LogP contribution in [0.25, 0.3) is 0 Å². The SMILES string of the molecule is CCCCI.CCCCOC(=O)c1ccccc1C=O.O=Cc1ccccc1C(=O)O. The van der Waals surface area contributed by atoms with E-state index >= 15 is 0 Å². The Hall–Kier alpha value is -2.55. The number of alkyl halides is 1. The summed E-state index contributed by atoms with van der Waals surface area (Å²) in [6.07, 6.45) is 5.72. The lowest BCUT2D eigenvalue weighted by molar-refractivity contribution is 0.0497. The Kier molecular flexibility index (Phi) is 16.7. The lowest BCUT2D eigenvalue weighted by Crippen LogP contribution is -2.08. The van der Waals surface area contributed by atoms with Crippen LogP contribution in [0.3, 0.4) is 0 Å². The van der Waals surface area contributed by atoms with Crippen LogP contribution in [0.5, 0.6) is 0 Å². The molecule has 0 bridgehead atoms. The van der Waals surface area contributed by atoms with Crippen LogP contribution in [-0.2, 0) is 4.74 Å². The van der Waals surface area contributed by atoms with E-state index in [4.69, 9.17) is 9.84 Å². The molecule has 31 heavy (non-hydrogen) atoms. The van der Waals surface area contributed by atoms with E-state index < -0.39 is 11.9 Å². The van der Waals surface area contributed by atoms with E-state index in [0.29, 0.717) is 30.3 Å². The summed E-state index contributed by atoms with van der Waals surface area (Å²) >= 11 is 2.39. The third-order valence-corrected chi connectivity index (χ3v) is 4.61. The van der Waals surface area contributed by atoms with Gasteiger partial charge in [0.25, 0.3) is 0 Å². The molecule has 0 aliphatic rings. The number of rotatable bonds is 9. The van der Waals surface area contributed by atoms with Crippen LogP contribution >= 0.6 is 22.6 Å². The molecule has 0 unspecified atom stereocenters. The molecule has 168 valence electrons. The number of carboxylic acid groups (broad SMARTS) is 1. The van der Waals surface area contributed by atoms with Crippen LogP contribution in [0.4, 0.5) is 0 Å². The smallest absolute Gasteiger partial charge is 0.338 e. The normalized spacial score (nSPS) is 9.26. The van der Waals surface area contributed by atoms with Gasteiger partial charge in [0.15, 0.2) is 12.6 Å². The van der Waals surface area contributed by atoms with Gasteiger partial charge in [-0.2, -0.15) is 0 Å². The number of unbranched alkanes of at least 4 members (excludes halogenated alkanes) is 2. The highest BCUT2D eigenvalue weighted by Gasteiger charge is 2.10. The Morgan fingerprint density at radius 1 is 0.871 bits per heavy atom. The summed E-state index contributed by atoms with van der Waals surface area (Å²) in [5.74, 6) is -1.50. The van der Waals surface area contributed by atoms with Crippen LogP contribution in [0.1, 0.15) is 81.0 Å². The van der Waals surface area contributed by atoms with Crippen molar-refractivity contribution in [3.05, 3.63) is 70.8 Å². The molecule has 2 rings (SSSR count). The second-order valence-electron chi connectivity index (χ2n) is 6.25. The molecule has 0 aromatic heterocycles. The highest BCUT2D eigenvalue weighted by Crippen LogP contribution is 2.08. The van der Waals surface area contributed by atoms with Gasteiger partial charge in [0.2, 0.25) is 0 Å². The topological polar surface area (TPSA) is 97.7 Å². The zero-order chi connectivity index (χ0) is 23.5. The molecule has 0 atom stereocenters. The molecule has 0 aliphatic heterocycles. The maximum atomic E-state index is 11.5. The predicted molar refractivity (Wildman–Crippen MR) is 130 cm³/mol. The van der Waals surface area contributed by atoms with Crippen molar-refractivity contribution in [1.82, 2.24) is 0 Å². The molecular weight excluding hydrogens is 511 g/mol. The first-order valence-electron chi connectivity index (χ1n) is 10.0. The maximum Gasteiger partial charge on any atom is 0.338 e. The van der Waals surface area contributed by atoms with Crippen molar-refractivity contribution >= 4 is 47.1 Å². The molecule has 0 radical (unpaired) electrons. The van der Waals surface area contributed by atoms with Crippen molar-refractivity contribution in [3.63, 3.8) is 0 Å². The average molecular weight is 540 g/mol. The first kappa shape index (κ1) is 28.5. The van der Waals surface area contributed by atoms with Gasteiger partial charge in [-0.1, -0.05) is 85.7 Å². The minimum Gasteiger partial charge on any atom is -0.478 e. The fourth-order valence-corrected chi connectivity index (χ4v) is 2.86. The summed E-state index contributed by atoms with van der Waals surface area (Å²) in [5, 5.41) is 8.54. The van der Waals surface area contributed by atoms with Gasteiger partial charge in [0.1, 0.15) is 0 Å². The van der Waals surface area contributed by atoms with E-state index in [1.165, 1.54) is 29.4 Å². The van der Waals surface area contributed by atoms with Crippen molar-refractivity contribution in [2.75, 3.05) is 11.0 Å². The van der Waals surface area contributed by atoms with Crippen LogP contribution in [-0.4, -0.2) is 40.7 Å². The number of ether oxygens (including phenoxy) is 1. The highest BCUT2D eigenvalue weighted by molar-refractivity contribution is 14.1. The summed E-state index contributed by atoms with van der Waals surface area (Å²) < 4.78 is 6.33. The van der Waals surface area contributed by atoms with Crippen LogP contribution < -0.4 is 0 Å². The molecule has 0 aliphatic carbocycles. The number of aldehydes is 2. The maximum absolute atomic E-state index is 11.5. The van der Waals surface area contributed by atoms with Gasteiger partial charge < -0.3 is 9.84 Å². The van der Waals surface area contributed by atoms with Crippen molar-refractivity contribution in [3.8, 4) is 0 Å². The van der Waals surface area contributed by atoms with Crippen LogP contribution in [0.2, 0.25) is 0 Å². The fraction of sp³-hybridized carbons (Fsp3) is 0.333. The Morgan fingerprint density at radius 2 is 1.35 bits per heavy atom. The monoisotopic (exact) mass is 540 g/mol. The van der Waals surface area contributed by atoms with E-state index in [2.05, 4.69) is 29.5 Å². The average Bonchev–Trinajstić information content (AvgIpc) is 2.80. The summed E-state index contributed by atoms with van der Waals surface area (Å²) in [5.41, 5.74) is 0.963. The molecule has 0 saturated heterocycles. The summed E-state index contributed by atoms with van der Waals surface area (Å²) in [7, 11) is 0. The molecule has 0 spiro atoms. The highest BCUT2D eigenvalue weighted by atomic mass is 127. The number of carbonyl (C=O) groups is 4. The third-order valence-electron chi connectivity index (χ3n) is 3.84. The van der Waals surface area contributed by atoms with Gasteiger partial charge in [0, 0.05) is 11.1 Å². The number of carboxylic acids is 1. The van der Waals surface area contributed by atoms with Crippen LogP contribution in [0.15, 0.2) is 48.5 Å². The zero-order valence-electron chi connectivity index (χ0n) is 17.9. The minimum absolute atomic E-state index is 0.0440. The van der Waals surface area contributed by atoms with Crippen molar-refractivity contribution in [2.24, 2.45) is 0 Å². The van der Waals surface area contributed by atoms with E-state index in [-0.39, 0.29) is 11.1 Å². The van der Waals surface area contributed by atoms with Gasteiger partial charge >= 0.3 is 11.9 Å². The van der Waals surface area contributed by atoms with Gasteiger partial charge in [0.05, 0.1) is 17.7 Å². The second-order valence-corrected chi connectivity index (χ2v) is 7.33. The molecule has 0 fully saturated rings. The summed E-state index contributed by atoms with van der Waals surface area (Å²) in [4.78, 5) is 42.9. The van der Waals surface area contributed by atoms with E-state index in [1.54, 1.807) is 36.4 Å². The number of carbonyl (C=O) groups excluding carboxylic acids is 3. The number of halogens is 1. The van der Waals surface area contributed by atoms with E-state index in [9.17, 15) is 19.2 Å². The molecule has 7 heteroatoms. The van der Waals surface area contributed by atoms with Crippen molar-refractivity contribution < 1.29 is 29.0 Å². The van der Waals surface area contributed by atoms with Crippen molar-refractivity contribution in [2.45, 2.75) is 39.5 Å².